The lowest BCUT2D eigenvalue weighted by atomic mass is 10.2. The zero-order valence-corrected chi connectivity index (χ0v) is 10.8. The van der Waals surface area contributed by atoms with Crippen LogP contribution in [0.15, 0.2) is 24.3 Å². The predicted octanol–water partition coefficient (Wildman–Crippen LogP) is 1.80. The van der Waals surface area contributed by atoms with Gasteiger partial charge in [-0.3, -0.25) is 0 Å². The molecule has 1 atom stereocenters. The molecular weight excluding hydrogens is 218 g/mol. The molecule has 0 amide bonds. The van der Waals surface area contributed by atoms with Crippen molar-refractivity contribution in [1.29, 1.82) is 0 Å². The van der Waals surface area contributed by atoms with Crippen molar-refractivity contribution in [3.63, 3.8) is 0 Å². The molecule has 4 nitrogen and oxygen atoms in total. The van der Waals surface area contributed by atoms with E-state index in [4.69, 9.17) is 9.47 Å². The van der Waals surface area contributed by atoms with E-state index < -0.39 is 0 Å². The Morgan fingerprint density at radius 1 is 1.41 bits per heavy atom. The first-order valence-electron chi connectivity index (χ1n) is 5.52. The van der Waals surface area contributed by atoms with Crippen LogP contribution in [0.1, 0.15) is 17.3 Å². The zero-order valence-electron chi connectivity index (χ0n) is 10.8. The van der Waals surface area contributed by atoms with Crippen LogP contribution in [0.4, 0.5) is 0 Å². The summed E-state index contributed by atoms with van der Waals surface area (Å²) in [6, 6.07) is 7.14. The Hall–Kier alpha value is -1.55. The van der Waals surface area contributed by atoms with Crippen molar-refractivity contribution in [3.05, 3.63) is 29.8 Å². The van der Waals surface area contributed by atoms with Crippen LogP contribution in [0.25, 0.3) is 0 Å². The van der Waals surface area contributed by atoms with Gasteiger partial charge in [0.05, 0.1) is 12.7 Å². The molecule has 0 radical (unpaired) electrons. The van der Waals surface area contributed by atoms with Crippen molar-refractivity contribution >= 4 is 5.97 Å². The average Bonchev–Trinajstić information content (AvgIpc) is 2.35. The van der Waals surface area contributed by atoms with Gasteiger partial charge in [-0.15, -0.1) is 0 Å². The number of nitrogens with zero attached hydrogens (tertiary/aromatic N) is 1. The van der Waals surface area contributed by atoms with Crippen molar-refractivity contribution in [2.45, 2.75) is 13.0 Å². The van der Waals surface area contributed by atoms with E-state index in [-0.39, 0.29) is 12.0 Å². The zero-order chi connectivity index (χ0) is 12.8. The van der Waals surface area contributed by atoms with Crippen molar-refractivity contribution in [3.8, 4) is 5.75 Å². The largest absolute Gasteiger partial charge is 0.497 e. The van der Waals surface area contributed by atoms with Gasteiger partial charge in [-0.2, -0.15) is 0 Å². The minimum atomic E-state index is -0.322. The van der Waals surface area contributed by atoms with E-state index in [0.29, 0.717) is 17.9 Å². The minimum absolute atomic E-state index is 0.199. The highest BCUT2D eigenvalue weighted by atomic mass is 16.5. The summed E-state index contributed by atoms with van der Waals surface area (Å²) in [4.78, 5) is 13.7. The maximum absolute atomic E-state index is 11.7. The van der Waals surface area contributed by atoms with Crippen LogP contribution >= 0.6 is 0 Å². The maximum Gasteiger partial charge on any atom is 0.338 e. The summed E-state index contributed by atoms with van der Waals surface area (Å²) >= 11 is 0. The highest BCUT2D eigenvalue weighted by molar-refractivity contribution is 5.89. The minimum Gasteiger partial charge on any atom is -0.497 e. The number of ether oxygens (including phenoxy) is 2. The third kappa shape index (κ3) is 4.07. The Morgan fingerprint density at radius 2 is 2.12 bits per heavy atom. The first-order valence-corrected chi connectivity index (χ1v) is 5.52. The second-order valence-electron chi connectivity index (χ2n) is 4.14. The molecule has 0 heterocycles. The number of carbonyl (C=O) groups excluding carboxylic acids is 1. The smallest absolute Gasteiger partial charge is 0.338 e. The Morgan fingerprint density at radius 3 is 2.71 bits per heavy atom. The van der Waals surface area contributed by atoms with E-state index in [1.165, 1.54) is 0 Å². The molecule has 4 heteroatoms. The van der Waals surface area contributed by atoms with Gasteiger partial charge in [0.2, 0.25) is 0 Å². The molecule has 0 aliphatic carbocycles. The second-order valence-corrected chi connectivity index (χ2v) is 4.14. The molecule has 1 aromatic rings. The monoisotopic (exact) mass is 237 g/mol. The fourth-order valence-electron chi connectivity index (χ4n) is 1.18. The summed E-state index contributed by atoms with van der Waals surface area (Å²) in [6.45, 7) is 2.38. The molecule has 0 aromatic heterocycles. The van der Waals surface area contributed by atoms with Crippen molar-refractivity contribution in [2.24, 2.45) is 0 Å². The number of hydrogen-bond donors (Lipinski definition) is 0. The quantitative estimate of drug-likeness (QED) is 0.732. The molecule has 0 unspecified atom stereocenters. The van der Waals surface area contributed by atoms with Gasteiger partial charge in [0, 0.05) is 6.04 Å². The molecule has 0 N–H and O–H groups in total. The first-order chi connectivity index (χ1) is 8.04. The highest BCUT2D eigenvalue weighted by Crippen LogP contribution is 2.13. The highest BCUT2D eigenvalue weighted by Gasteiger charge is 2.11. The molecule has 0 bridgehead atoms. The van der Waals surface area contributed by atoms with Crippen LogP contribution in [0, 0.1) is 0 Å². The van der Waals surface area contributed by atoms with Gasteiger partial charge in [-0.05, 0) is 39.2 Å². The Balaban J connectivity index is 2.57. The third-order valence-electron chi connectivity index (χ3n) is 2.64. The van der Waals surface area contributed by atoms with E-state index in [2.05, 4.69) is 0 Å². The molecule has 94 valence electrons. The molecule has 0 spiro atoms. The van der Waals surface area contributed by atoms with Crippen molar-refractivity contribution in [2.75, 3.05) is 27.8 Å². The number of rotatable bonds is 5. The topological polar surface area (TPSA) is 38.8 Å². The molecular formula is C13H19NO3. The molecule has 0 fully saturated rings. The molecule has 0 saturated carbocycles. The first kappa shape index (κ1) is 13.5. The van der Waals surface area contributed by atoms with Gasteiger partial charge in [-0.25, -0.2) is 4.79 Å². The lowest BCUT2D eigenvalue weighted by Crippen LogP contribution is -2.30. The summed E-state index contributed by atoms with van der Waals surface area (Å²) in [5.41, 5.74) is 0.510. The number of esters is 1. The number of methoxy groups -OCH3 is 1. The predicted molar refractivity (Wildman–Crippen MR) is 66.4 cm³/mol. The van der Waals surface area contributed by atoms with E-state index in [9.17, 15) is 4.79 Å². The van der Waals surface area contributed by atoms with Crippen molar-refractivity contribution in [1.82, 2.24) is 4.90 Å². The molecule has 0 saturated heterocycles. The maximum atomic E-state index is 11.7. The van der Waals surface area contributed by atoms with Crippen molar-refractivity contribution < 1.29 is 14.3 Å². The lowest BCUT2D eigenvalue weighted by molar-refractivity contribution is 0.0416. The summed E-state index contributed by atoms with van der Waals surface area (Å²) in [5.74, 6) is 0.331. The summed E-state index contributed by atoms with van der Waals surface area (Å²) in [7, 11) is 5.46. The number of carbonyl (C=O) groups is 1. The van der Waals surface area contributed by atoms with Crippen LogP contribution < -0.4 is 4.74 Å². The van der Waals surface area contributed by atoms with Gasteiger partial charge in [0.1, 0.15) is 12.4 Å². The normalized spacial score (nSPS) is 12.3. The second kappa shape index (κ2) is 6.25. The van der Waals surface area contributed by atoms with E-state index in [0.717, 1.165) is 0 Å². The van der Waals surface area contributed by atoms with Gasteiger partial charge < -0.3 is 14.4 Å². The summed E-state index contributed by atoms with van der Waals surface area (Å²) < 4.78 is 10.3. The van der Waals surface area contributed by atoms with Crippen LogP contribution in [0.2, 0.25) is 0 Å². The van der Waals surface area contributed by atoms with Gasteiger partial charge >= 0.3 is 5.97 Å². The van der Waals surface area contributed by atoms with Gasteiger partial charge in [0.15, 0.2) is 0 Å². The van der Waals surface area contributed by atoms with E-state index >= 15 is 0 Å². The molecule has 17 heavy (non-hydrogen) atoms. The number of likely N-dealkylation sites (N-methyl/N-ethyl adjacent to an activating group) is 1. The number of hydrogen-bond acceptors (Lipinski definition) is 4. The van der Waals surface area contributed by atoms with Crippen LogP contribution in [-0.2, 0) is 4.74 Å². The van der Waals surface area contributed by atoms with E-state index in [1.54, 1.807) is 31.4 Å². The Labute approximate surface area is 102 Å². The van der Waals surface area contributed by atoms with Crippen LogP contribution in [0.5, 0.6) is 5.75 Å². The fourth-order valence-corrected chi connectivity index (χ4v) is 1.18. The number of benzene rings is 1. The lowest BCUT2D eigenvalue weighted by Gasteiger charge is -2.19. The Bertz CT molecular complexity index is 377. The third-order valence-corrected chi connectivity index (χ3v) is 2.64. The van der Waals surface area contributed by atoms with E-state index in [1.807, 2.05) is 25.9 Å². The standard InChI is InChI=1S/C13H19NO3/c1-10(14(2)3)9-17-13(15)11-6-5-7-12(8-11)16-4/h5-8,10H,9H2,1-4H3/t10-/m0/s1. The molecule has 1 aromatic carbocycles. The van der Waals surface area contributed by atoms with Gasteiger partial charge in [-0.1, -0.05) is 6.07 Å². The Kier molecular flexibility index (Phi) is 4.97. The molecule has 0 aliphatic heterocycles. The van der Waals surface area contributed by atoms with Gasteiger partial charge in [0.25, 0.3) is 0 Å². The van der Waals surface area contributed by atoms with Crippen LogP contribution in [0.3, 0.4) is 0 Å². The SMILES string of the molecule is COc1cccc(C(=O)OC[C@H](C)N(C)C)c1. The molecule has 0 aliphatic rings. The molecule has 1 rings (SSSR count). The summed E-state index contributed by atoms with van der Waals surface area (Å²) in [6.07, 6.45) is 0. The average molecular weight is 237 g/mol. The fraction of sp³-hybridized carbons (Fsp3) is 0.462. The summed E-state index contributed by atoms with van der Waals surface area (Å²) in [5, 5.41) is 0. The van der Waals surface area contributed by atoms with Crippen LogP contribution in [-0.4, -0.2) is 44.7 Å².